The third-order valence-corrected chi connectivity index (χ3v) is 2.96. The van der Waals surface area contributed by atoms with Crippen molar-refractivity contribution >= 4 is 22.6 Å². The minimum Gasteiger partial charge on any atom is -0.439 e. The van der Waals surface area contributed by atoms with Crippen molar-refractivity contribution < 1.29 is 4.42 Å². The molecule has 3 nitrogen and oxygen atoms in total. The molecule has 0 saturated carbocycles. The van der Waals surface area contributed by atoms with Crippen molar-refractivity contribution in [1.29, 1.82) is 0 Å². The Morgan fingerprint density at radius 3 is 2.93 bits per heavy atom. The summed E-state index contributed by atoms with van der Waals surface area (Å²) >= 11 is 2.29. The molecule has 0 amide bonds. The lowest BCUT2D eigenvalue weighted by molar-refractivity contribution is 0.491. The molecule has 0 unspecified atom stereocenters. The largest absolute Gasteiger partial charge is 0.439 e. The third-order valence-electron chi connectivity index (χ3n) is 2.02. The van der Waals surface area contributed by atoms with E-state index in [0.717, 1.165) is 11.3 Å². The number of aromatic nitrogens is 1. The first-order valence-electron chi connectivity index (χ1n) is 4.65. The normalized spacial score (nSPS) is 10.5. The highest BCUT2D eigenvalue weighted by Gasteiger charge is 2.07. The van der Waals surface area contributed by atoms with Gasteiger partial charge < -0.3 is 9.73 Å². The molecular formula is C11H11IN2O. The van der Waals surface area contributed by atoms with Gasteiger partial charge in [-0.15, -0.1) is 0 Å². The van der Waals surface area contributed by atoms with Crippen LogP contribution in [0.4, 0.5) is 0 Å². The van der Waals surface area contributed by atoms with Crippen LogP contribution in [0.2, 0.25) is 0 Å². The van der Waals surface area contributed by atoms with Gasteiger partial charge in [-0.05, 0) is 35.7 Å². The van der Waals surface area contributed by atoms with E-state index in [4.69, 9.17) is 4.42 Å². The maximum Gasteiger partial charge on any atom is 0.208 e. The Kier molecular flexibility index (Phi) is 3.37. The molecule has 0 aliphatic heterocycles. The molecule has 78 valence electrons. The van der Waals surface area contributed by atoms with Crippen LogP contribution >= 0.6 is 22.6 Å². The Balaban J connectivity index is 2.33. The number of halogens is 1. The zero-order valence-electron chi connectivity index (χ0n) is 8.33. The summed E-state index contributed by atoms with van der Waals surface area (Å²) < 4.78 is 6.78. The lowest BCUT2D eigenvalue weighted by Crippen LogP contribution is -2.04. The van der Waals surface area contributed by atoms with Crippen LogP contribution in [0, 0.1) is 3.57 Å². The Hall–Kier alpha value is -0.880. The highest BCUT2D eigenvalue weighted by molar-refractivity contribution is 14.1. The fourth-order valence-corrected chi connectivity index (χ4v) is 1.98. The third kappa shape index (κ3) is 2.38. The van der Waals surface area contributed by atoms with Crippen molar-refractivity contribution in [2.24, 2.45) is 0 Å². The van der Waals surface area contributed by atoms with Gasteiger partial charge in [0, 0.05) is 9.13 Å². The van der Waals surface area contributed by atoms with E-state index in [9.17, 15) is 0 Å². The lowest BCUT2D eigenvalue weighted by atomic mass is 10.2. The molecule has 0 atom stereocenters. The van der Waals surface area contributed by atoms with Crippen LogP contribution in [0.15, 0.2) is 34.9 Å². The molecule has 4 heteroatoms. The standard InChI is InChI=1S/C11H11IN2O/c1-13-7-11-14-6-10(15-11)8-4-2-3-5-9(8)12/h2-6,13H,7H2,1H3. The molecule has 0 aliphatic carbocycles. The first-order valence-corrected chi connectivity index (χ1v) is 5.73. The Morgan fingerprint density at radius 1 is 1.40 bits per heavy atom. The zero-order valence-corrected chi connectivity index (χ0v) is 10.5. The molecule has 0 radical (unpaired) electrons. The van der Waals surface area contributed by atoms with Crippen LogP contribution in [0.5, 0.6) is 0 Å². The highest BCUT2D eigenvalue weighted by atomic mass is 127. The maximum absolute atomic E-state index is 5.61. The summed E-state index contributed by atoms with van der Waals surface area (Å²) in [5.74, 6) is 1.54. The van der Waals surface area contributed by atoms with Crippen molar-refractivity contribution in [3.8, 4) is 11.3 Å². The van der Waals surface area contributed by atoms with E-state index in [-0.39, 0.29) is 0 Å². The van der Waals surface area contributed by atoms with E-state index in [1.165, 1.54) is 3.57 Å². The molecule has 2 rings (SSSR count). The summed E-state index contributed by atoms with van der Waals surface area (Å²) in [6.07, 6.45) is 1.77. The van der Waals surface area contributed by atoms with Gasteiger partial charge in [-0.1, -0.05) is 18.2 Å². The number of nitrogens with zero attached hydrogens (tertiary/aromatic N) is 1. The first-order chi connectivity index (χ1) is 7.31. The summed E-state index contributed by atoms with van der Waals surface area (Å²) in [5.41, 5.74) is 1.09. The molecule has 0 bridgehead atoms. The second-order valence-corrected chi connectivity index (χ2v) is 4.29. The zero-order chi connectivity index (χ0) is 10.7. The molecule has 2 aromatic rings. The summed E-state index contributed by atoms with van der Waals surface area (Å²) in [7, 11) is 1.87. The van der Waals surface area contributed by atoms with Gasteiger partial charge in [-0.25, -0.2) is 4.98 Å². The minimum absolute atomic E-state index is 0.656. The van der Waals surface area contributed by atoms with Gasteiger partial charge in [0.2, 0.25) is 5.89 Å². The number of nitrogens with one attached hydrogen (secondary N) is 1. The van der Waals surface area contributed by atoms with Crippen LogP contribution in [0.1, 0.15) is 5.89 Å². The Bertz CT molecular complexity index is 453. The average molecular weight is 314 g/mol. The molecule has 0 aliphatic rings. The van der Waals surface area contributed by atoms with E-state index >= 15 is 0 Å². The van der Waals surface area contributed by atoms with Gasteiger partial charge >= 0.3 is 0 Å². The van der Waals surface area contributed by atoms with Crippen molar-refractivity contribution in [3.05, 3.63) is 39.9 Å². The van der Waals surface area contributed by atoms with Gasteiger partial charge in [0.15, 0.2) is 5.76 Å². The number of hydrogen-bond acceptors (Lipinski definition) is 3. The smallest absolute Gasteiger partial charge is 0.208 e. The molecule has 0 fully saturated rings. The molecule has 0 saturated heterocycles. The van der Waals surface area contributed by atoms with E-state index in [1.54, 1.807) is 6.20 Å². The fourth-order valence-electron chi connectivity index (χ4n) is 1.33. The van der Waals surface area contributed by atoms with E-state index in [1.807, 2.05) is 25.2 Å². The predicted molar refractivity (Wildman–Crippen MR) is 67.4 cm³/mol. The van der Waals surface area contributed by atoms with Gasteiger partial charge in [0.1, 0.15) is 0 Å². The van der Waals surface area contributed by atoms with Crippen LogP contribution in [0.3, 0.4) is 0 Å². The van der Waals surface area contributed by atoms with Gasteiger partial charge in [-0.3, -0.25) is 0 Å². The Morgan fingerprint density at radius 2 is 2.20 bits per heavy atom. The second kappa shape index (κ2) is 4.76. The molecular weight excluding hydrogens is 303 g/mol. The SMILES string of the molecule is CNCc1ncc(-c2ccccc2I)o1. The number of oxazole rings is 1. The first kappa shape index (κ1) is 10.6. The molecule has 1 N–H and O–H groups in total. The highest BCUT2D eigenvalue weighted by Crippen LogP contribution is 2.25. The predicted octanol–water partition coefficient (Wildman–Crippen LogP) is 2.67. The van der Waals surface area contributed by atoms with Crippen molar-refractivity contribution in [3.63, 3.8) is 0 Å². The summed E-state index contributed by atoms with van der Waals surface area (Å²) in [6, 6.07) is 8.09. The summed E-state index contributed by atoms with van der Waals surface area (Å²) in [4.78, 5) is 4.19. The van der Waals surface area contributed by atoms with E-state index < -0.39 is 0 Å². The average Bonchev–Trinajstić information content (AvgIpc) is 2.68. The topological polar surface area (TPSA) is 38.1 Å². The fraction of sp³-hybridized carbons (Fsp3) is 0.182. The van der Waals surface area contributed by atoms with Crippen molar-refractivity contribution in [1.82, 2.24) is 10.3 Å². The molecule has 1 heterocycles. The van der Waals surface area contributed by atoms with Crippen molar-refractivity contribution in [2.45, 2.75) is 6.54 Å². The maximum atomic E-state index is 5.61. The van der Waals surface area contributed by atoms with Crippen LogP contribution < -0.4 is 5.32 Å². The monoisotopic (exact) mass is 314 g/mol. The van der Waals surface area contributed by atoms with Crippen LogP contribution in [0.25, 0.3) is 11.3 Å². The minimum atomic E-state index is 0.656. The van der Waals surface area contributed by atoms with E-state index in [0.29, 0.717) is 12.4 Å². The van der Waals surface area contributed by atoms with Crippen molar-refractivity contribution in [2.75, 3.05) is 7.05 Å². The van der Waals surface area contributed by atoms with Gasteiger partial charge in [-0.2, -0.15) is 0 Å². The number of benzene rings is 1. The molecule has 0 spiro atoms. The molecule has 15 heavy (non-hydrogen) atoms. The van der Waals surface area contributed by atoms with Gasteiger partial charge in [0.05, 0.1) is 12.7 Å². The summed E-state index contributed by atoms with van der Waals surface area (Å²) in [6.45, 7) is 0.656. The number of hydrogen-bond donors (Lipinski definition) is 1. The van der Waals surface area contributed by atoms with Crippen LogP contribution in [-0.2, 0) is 6.54 Å². The quantitative estimate of drug-likeness (QED) is 0.885. The second-order valence-electron chi connectivity index (χ2n) is 3.13. The lowest BCUT2D eigenvalue weighted by Gasteiger charge is -1.98. The van der Waals surface area contributed by atoms with E-state index in [2.05, 4.69) is 39.0 Å². The molecule has 1 aromatic heterocycles. The van der Waals surface area contributed by atoms with Gasteiger partial charge in [0.25, 0.3) is 0 Å². The Labute approximate surface area is 102 Å². The number of rotatable bonds is 3. The van der Waals surface area contributed by atoms with Crippen LogP contribution in [-0.4, -0.2) is 12.0 Å². The summed E-state index contributed by atoms with van der Waals surface area (Å²) in [5, 5.41) is 3.01. The molecule has 1 aromatic carbocycles.